The molecule has 0 bridgehead atoms. The number of halogens is 2. The van der Waals surface area contributed by atoms with Crippen molar-refractivity contribution >= 4 is 28.0 Å². The first kappa shape index (κ1) is 17.4. The molecular weight excluding hydrogens is 345 g/mol. The molecule has 0 radical (unpaired) electrons. The van der Waals surface area contributed by atoms with Crippen LogP contribution in [-0.4, -0.2) is 28.8 Å². The Morgan fingerprint density at radius 2 is 2.05 bits per heavy atom. The molecule has 21 heavy (non-hydrogen) atoms. The summed E-state index contributed by atoms with van der Waals surface area (Å²) in [5.41, 5.74) is -0.287. The normalized spacial score (nSPS) is 12.6. The average Bonchev–Trinajstić information content (AvgIpc) is 2.30. The molecule has 0 saturated heterocycles. The first-order chi connectivity index (χ1) is 9.58. The van der Waals surface area contributed by atoms with Crippen molar-refractivity contribution in [3.63, 3.8) is 0 Å². The van der Waals surface area contributed by atoms with E-state index in [0.717, 1.165) is 0 Å². The van der Waals surface area contributed by atoms with Gasteiger partial charge in [-0.15, -0.1) is 0 Å². The Morgan fingerprint density at radius 3 is 2.57 bits per heavy atom. The van der Waals surface area contributed by atoms with Crippen LogP contribution in [0.3, 0.4) is 0 Å². The number of carboxylic acids is 1. The lowest BCUT2D eigenvalue weighted by molar-refractivity contribution is -0.139. The molecule has 0 fully saturated rings. The van der Waals surface area contributed by atoms with E-state index in [9.17, 15) is 14.0 Å². The van der Waals surface area contributed by atoms with E-state index in [1.54, 1.807) is 20.8 Å². The lowest BCUT2D eigenvalue weighted by Crippen LogP contribution is -2.44. The summed E-state index contributed by atoms with van der Waals surface area (Å²) in [6.07, 6.45) is -0.894. The van der Waals surface area contributed by atoms with E-state index >= 15 is 0 Å². The highest BCUT2D eigenvalue weighted by atomic mass is 79.9. The van der Waals surface area contributed by atoms with Crippen LogP contribution in [0.2, 0.25) is 0 Å². The van der Waals surface area contributed by atoms with E-state index in [0.29, 0.717) is 10.0 Å². The fourth-order valence-electron chi connectivity index (χ4n) is 1.57. The van der Waals surface area contributed by atoms with Crippen LogP contribution in [0.25, 0.3) is 0 Å². The molecule has 5 nitrogen and oxygen atoms in total. The van der Waals surface area contributed by atoms with Crippen molar-refractivity contribution in [3.05, 3.63) is 34.1 Å². The van der Waals surface area contributed by atoms with Crippen LogP contribution in [-0.2, 0) is 16.0 Å². The number of alkyl carbamates (subject to hydrolysis) is 1. The first-order valence-corrected chi connectivity index (χ1v) is 7.04. The average molecular weight is 362 g/mol. The van der Waals surface area contributed by atoms with Gasteiger partial charge < -0.3 is 15.2 Å². The van der Waals surface area contributed by atoms with Gasteiger partial charge in [-0.25, -0.2) is 14.0 Å². The SMILES string of the molecule is CC(C)(C)OC(=O)N[C@H](Cc1cc(F)ccc1Br)C(=O)O. The van der Waals surface area contributed by atoms with Crippen molar-refractivity contribution in [2.75, 3.05) is 0 Å². The molecule has 1 amide bonds. The third-order valence-electron chi connectivity index (χ3n) is 2.42. The summed E-state index contributed by atoms with van der Waals surface area (Å²) in [4.78, 5) is 22.9. The second-order valence-electron chi connectivity index (χ2n) is 5.48. The van der Waals surface area contributed by atoms with E-state index in [-0.39, 0.29) is 6.42 Å². The summed E-state index contributed by atoms with van der Waals surface area (Å²) in [6, 6.07) is 2.75. The lowest BCUT2D eigenvalue weighted by atomic mass is 10.1. The topological polar surface area (TPSA) is 75.6 Å². The number of carboxylic acid groups (broad SMARTS) is 1. The number of amides is 1. The van der Waals surface area contributed by atoms with Gasteiger partial charge in [-0.3, -0.25) is 0 Å². The van der Waals surface area contributed by atoms with Crippen molar-refractivity contribution in [2.45, 2.75) is 38.8 Å². The van der Waals surface area contributed by atoms with Gasteiger partial charge in [0.25, 0.3) is 0 Å². The second-order valence-corrected chi connectivity index (χ2v) is 6.33. The van der Waals surface area contributed by atoms with Crippen molar-refractivity contribution in [3.8, 4) is 0 Å². The first-order valence-electron chi connectivity index (χ1n) is 6.25. The molecule has 0 aliphatic heterocycles. The molecule has 0 unspecified atom stereocenters. The van der Waals surface area contributed by atoms with Crippen LogP contribution in [0, 0.1) is 5.82 Å². The number of carbonyl (C=O) groups is 2. The van der Waals surface area contributed by atoms with E-state index in [1.807, 2.05) is 0 Å². The van der Waals surface area contributed by atoms with Gasteiger partial charge in [0.05, 0.1) is 0 Å². The van der Waals surface area contributed by atoms with E-state index in [1.165, 1.54) is 18.2 Å². The van der Waals surface area contributed by atoms with Gasteiger partial charge in [0, 0.05) is 10.9 Å². The Hall–Kier alpha value is -1.63. The molecule has 7 heteroatoms. The summed E-state index contributed by atoms with van der Waals surface area (Å²) < 4.78 is 18.8. The third kappa shape index (κ3) is 6.12. The summed E-state index contributed by atoms with van der Waals surface area (Å²) in [6.45, 7) is 5.02. The molecule has 0 aromatic heterocycles. The highest BCUT2D eigenvalue weighted by molar-refractivity contribution is 9.10. The minimum atomic E-state index is -1.22. The Kier molecular flexibility index (Phi) is 5.71. The highest BCUT2D eigenvalue weighted by Gasteiger charge is 2.25. The predicted octanol–water partition coefficient (Wildman–Crippen LogP) is 3.11. The van der Waals surface area contributed by atoms with E-state index in [2.05, 4.69) is 21.2 Å². The Morgan fingerprint density at radius 1 is 1.43 bits per heavy atom. The Balaban J connectivity index is 2.81. The molecule has 0 aliphatic rings. The molecular formula is C14H17BrFNO4. The minimum absolute atomic E-state index is 0.0626. The van der Waals surface area contributed by atoms with Gasteiger partial charge in [-0.05, 0) is 44.5 Å². The zero-order valence-electron chi connectivity index (χ0n) is 11.9. The number of nitrogens with one attached hydrogen (secondary N) is 1. The smallest absolute Gasteiger partial charge is 0.408 e. The van der Waals surface area contributed by atoms with Gasteiger partial charge in [0.2, 0.25) is 0 Å². The second kappa shape index (κ2) is 6.89. The van der Waals surface area contributed by atoms with Gasteiger partial charge in [-0.2, -0.15) is 0 Å². The summed E-state index contributed by atoms with van der Waals surface area (Å²) in [5, 5.41) is 11.4. The van der Waals surface area contributed by atoms with Crippen LogP contribution in [0.4, 0.5) is 9.18 Å². The van der Waals surface area contributed by atoms with Crippen LogP contribution in [0.15, 0.2) is 22.7 Å². The third-order valence-corrected chi connectivity index (χ3v) is 3.19. The van der Waals surface area contributed by atoms with Gasteiger partial charge >= 0.3 is 12.1 Å². The Bertz CT molecular complexity index is 542. The number of hydrogen-bond donors (Lipinski definition) is 2. The standard InChI is InChI=1S/C14H17BrFNO4/c1-14(2,3)21-13(20)17-11(12(18)19)7-8-6-9(16)4-5-10(8)15/h4-6,11H,7H2,1-3H3,(H,17,20)(H,18,19)/t11-/m1/s1. The number of ether oxygens (including phenoxy) is 1. The molecule has 0 saturated carbocycles. The summed E-state index contributed by atoms with van der Waals surface area (Å²) in [7, 11) is 0. The summed E-state index contributed by atoms with van der Waals surface area (Å²) >= 11 is 3.22. The highest BCUT2D eigenvalue weighted by Crippen LogP contribution is 2.19. The number of benzene rings is 1. The number of hydrogen-bond acceptors (Lipinski definition) is 3. The van der Waals surface area contributed by atoms with Gasteiger partial charge in [0.15, 0.2) is 0 Å². The van der Waals surface area contributed by atoms with Gasteiger partial charge in [0.1, 0.15) is 17.5 Å². The molecule has 0 heterocycles. The van der Waals surface area contributed by atoms with Crippen LogP contribution < -0.4 is 5.32 Å². The molecule has 1 aromatic rings. The maximum Gasteiger partial charge on any atom is 0.408 e. The minimum Gasteiger partial charge on any atom is -0.480 e. The van der Waals surface area contributed by atoms with Crippen molar-refractivity contribution < 1.29 is 23.8 Å². The molecule has 1 rings (SSSR count). The number of aliphatic carboxylic acids is 1. The zero-order valence-corrected chi connectivity index (χ0v) is 13.5. The maximum absolute atomic E-state index is 13.2. The van der Waals surface area contributed by atoms with E-state index in [4.69, 9.17) is 9.84 Å². The van der Waals surface area contributed by atoms with Gasteiger partial charge in [-0.1, -0.05) is 15.9 Å². The fraction of sp³-hybridized carbons (Fsp3) is 0.429. The largest absolute Gasteiger partial charge is 0.480 e. The zero-order chi connectivity index (χ0) is 16.2. The molecule has 116 valence electrons. The predicted molar refractivity (Wildman–Crippen MR) is 78.6 cm³/mol. The molecule has 1 atom stereocenters. The molecule has 0 aliphatic carbocycles. The monoisotopic (exact) mass is 361 g/mol. The fourth-order valence-corrected chi connectivity index (χ4v) is 1.98. The van der Waals surface area contributed by atoms with Crippen LogP contribution in [0.1, 0.15) is 26.3 Å². The molecule has 1 aromatic carbocycles. The van der Waals surface area contributed by atoms with E-state index < -0.39 is 29.5 Å². The molecule has 2 N–H and O–H groups in total. The van der Waals surface area contributed by atoms with Crippen LogP contribution in [0.5, 0.6) is 0 Å². The quantitative estimate of drug-likeness (QED) is 0.863. The lowest BCUT2D eigenvalue weighted by Gasteiger charge is -2.22. The van der Waals surface area contributed by atoms with Crippen LogP contribution >= 0.6 is 15.9 Å². The Labute approximate surface area is 130 Å². The van der Waals surface area contributed by atoms with Crippen molar-refractivity contribution in [1.29, 1.82) is 0 Å². The summed E-state index contributed by atoms with van der Waals surface area (Å²) in [5.74, 6) is -1.70. The maximum atomic E-state index is 13.2. The molecule has 0 spiro atoms. The van der Waals surface area contributed by atoms with Crippen molar-refractivity contribution in [1.82, 2.24) is 5.32 Å². The number of carbonyl (C=O) groups excluding carboxylic acids is 1. The number of rotatable bonds is 4. The van der Waals surface area contributed by atoms with Crippen molar-refractivity contribution in [2.24, 2.45) is 0 Å².